The third-order valence-electron chi connectivity index (χ3n) is 15.4. The molecule has 0 bridgehead atoms. The molecule has 5 nitrogen and oxygen atoms in total. The molecule has 422 valence electrons. The molecular formula is C74H73F2N4OPt-3. The summed E-state index contributed by atoms with van der Waals surface area (Å²) in [7, 11) is 0. The maximum Gasteiger partial charge on any atom is 0.135 e. The molecule has 0 fully saturated rings. The Morgan fingerprint density at radius 1 is 0.476 bits per heavy atom. The molecule has 0 saturated heterocycles. The fourth-order valence-electron chi connectivity index (χ4n) is 10.6. The topological polar surface area (TPSA) is 33.5 Å². The second-order valence-corrected chi connectivity index (χ2v) is 26.8. The van der Waals surface area contributed by atoms with Crippen LogP contribution in [0, 0.1) is 30.4 Å². The molecule has 0 saturated carbocycles. The Labute approximate surface area is 504 Å². The van der Waals surface area contributed by atoms with Crippen LogP contribution in [-0.2, 0) is 48.1 Å². The van der Waals surface area contributed by atoms with Gasteiger partial charge in [0, 0.05) is 78.5 Å². The standard InChI is InChI=1S/C74H73F2N4O.Pt/c1-70(2,3)50-26-24-46(25-27-50)47-36-57(43-59(37-47)81-58-28-29-61-60-20-16-17-21-64(60)80(67(61)44-58)68-41-51(30-31-77-68)71(4,5)6)78-45-79(66-23-19-18-22-65(66)78)69-62(48-32-52(72(7,8)9)38-53(33-48)73(10,11)12)39-54(74(13,14)15)40-63(69)49-34-55(75)42-56(76)35-49;/h16-42,45H,1-15H3;/q-3;/i24D,25D,26D,27D;. The molecule has 0 radical (unpaired) electrons. The third-order valence-corrected chi connectivity index (χ3v) is 15.4. The zero-order chi connectivity index (χ0) is 61.2. The monoisotopic (exact) mass is 1270 g/mol. The molecule has 11 rings (SSSR count). The van der Waals surface area contributed by atoms with Crippen molar-refractivity contribution in [1.29, 1.82) is 0 Å². The van der Waals surface area contributed by atoms with Gasteiger partial charge >= 0.3 is 0 Å². The first-order valence-corrected chi connectivity index (χ1v) is 27.9. The number of hydrogen-bond donors (Lipinski definition) is 0. The zero-order valence-corrected chi connectivity index (χ0v) is 51.9. The summed E-state index contributed by atoms with van der Waals surface area (Å²) in [6.45, 7) is 33.8. The number of aromatic nitrogens is 2. The summed E-state index contributed by atoms with van der Waals surface area (Å²) >= 11 is 0. The quantitative estimate of drug-likeness (QED) is 0.142. The number of anilines is 4. The molecule has 8 heteroatoms. The van der Waals surface area contributed by atoms with Gasteiger partial charge in [-0.05, 0) is 132 Å². The number of pyridine rings is 1. The van der Waals surface area contributed by atoms with Crippen LogP contribution in [0.1, 0.15) is 137 Å². The fourth-order valence-corrected chi connectivity index (χ4v) is 10.6. The molecule has 8 aromatic carbocycles. The van der Waals surface area contributed by atoms with Crippen LogP contribution in [0.15, 0.2) is 164 Å². The van der Waals surface area contributed by atoms with Crippen molar-refractivity contribution >= 4 is 44.6 Å². The molecule has 82 heavy (non-hydrogen) atoms. The number of halogens is 2. The van der Waals surface area contributed by atoms with Crippen LogP contribution in [-0.4, -0.2) is 9.55 Å². The summed E-state index contributed by atoms with van der Waals surface area (Å²) in [4.78, 5) is 8.93. The van der Waals surface area contributed by atoms with E-state index in [2.05, 4.69) is 153 Å². The number of benzene rings is 8. The molecule has 0 aliphatic carbocycles. The Morgan fingerprint density at radius 2 is 1.02 bits per heavy atom. The molecule has 0 atom stereocenters. The van der Waals surface area contributed by atoms with E-state index in [1.54, 1.807) is 6.07 Å². The summed E-state index contributed by atoms with van der Waals surface area (Å²) in [5.74, 6) is -0.0844. The van der Waals surface area contributed by atoms with Crippen molar-refractivity contribution in [3.8, 4) is 50.7 Å². The third kappa shape index (κ3) is 11.3. The average Bonchev–Trinajstić information content (AvgIpc) is 1.72. The molecule has 0 amide bonds. The van der Waals surface area contributed by atoms with E-state index in [1.807, 2.05) is 99.2 Å². The van der Waals surface area contributed by atoms with Crippen molar-refractivity contribution in [3.63, 3.8) is 0 Å². The number of hydrogen-bond acceptors (Lipinski definition) is 4. The Morgan fingerprint density at radius 3 is 1.62 bits per heavy atom. The smallest absolute Gasteiger partial charge is 0.135 e. The van der Waals surface area contributed by atoms with Gasteiger partial charge in [0.15, 0.2) is 0 Å². The van der Waals surface area contributed by atoms with Crippen molar-refractivity contribution in [3.05, 3.63) is 222 Å². The van der Waals surface area contributed by atoms with Gasteiger partial charge in [-0.3, -0.25) is 0 Å². The van der Waals surface area contributed by atoms with E-state index in [4.69, 9.17) is 9.72 Å². The molecule has 3 heterocycles. The first-order chi connectivity index (χ1) is 39.8. The van der Waals surface area contributed by atoms with Crippen LogP contribution in [0.2, 0.25) is 0 Å². The Kier molecular flexibility index (Phi) is 13.6. The van der Waals surface area contributed by atoms with Gasteiger partial charge in [-0.2, -0.15) is 6.07 Å². The number of ether oxygens (including phenoxy) is 1. The van der Waals surface area contributed by atoms with Crippen molar-refractivity contribution < 1.29 is 40.1 Å². The first-order valence-electron chi connectivity index (χ1n) is 29.9. The molecule has 0 unspecified atom stereocenters. The van der Waals surface area contributed by atoms with E-state index >= 15 is 8.78 Å². The number of rotatable bonds is 8. The van der Waals surface area contributed by atoms with Gasteiger partial charge in [-0.25, -0.2) is 13.8 Å². The van der Waals surface area contributed by atoms with Crippen molar-refractivity contribution in [2.24, 2.45) is 0 Å². The van der Waals surface area contributed by atoms with E-state index in [0.717, 1.165) is 78.4 Å². The van der Waals surface area contributed by atoms with Crippen LogP contribution in [0.3, 0.4) is 0 Å². The van der Waals surface area contributed by atoms with E-state index < -0.39 is 22.5 Å². The first kappa shape index (κ1) is 52.7. The molecule has 0 N–H and O–H groups in total. The van der Waals surface area contributed by atoms with Gasteiger partial charge in [-0.15, -0.1) is 53.6 Å². The second kappa shape index (κ2) is 21.1. The minimum atomic E-state index is -0.700. The van der Waals surface area contributed by atoms with Gasteiger partial charge in [0.25, 0.3) is 0 Å². The minimum Gasteiger partial charge on any atom is -0.509 e. The van der Waals surface area contributed by atoms with Crippen molar-refractivity contribution in [2.45, 2.75) is 131 Å². The molecule has 2 aromatic heterocycles. The summed E-state index contributed by atoms with van der Waals surface area (Å²) in [6, 6.07) is 48.9. The largest absolute Gasteiger partial charge is 0.509 e. The van der Waals surface area contributed by atoms with E-state index in [0.29, 0.717) is 39.4 Å². The van der Waals surface area contributed by atoms with Crippen LogP contribution in [0.4, 0.5) is 31.5 Å². The van der Waals surface area contributed by atoms with Gasteiger partial charge in [0.05, 0.1) is 5.48 Å². The average molecular weight is 1270 g/mol. The van der Waals surface area contributed by atoms with Crippen LogP contribution in [0.25, 0.3) is 61.0 Å². The normalized spacial score (nSPS) is 13.9. The van der Waals surface area contributed by atoms with E-state index in [1.165, 1.54) is 12.1 Å². The molecule has 10 aromatic rings. The van der Waals surface area contributed by atoms with Crippen molar-refractivity contribution in [2.75, 3.05) is 9.80 Å². The minimum absolute atomic E-state index is 0. The summed E-state index contributed by atoms with van der Waals surface area (Å²) in [5.41, 5.74) is 10.5. The molecule has 1 aliphatic heterocycles. The summed E-state index contributed by atoms with van der Waals surface area (Å²) < 4.78 is 78.5. The summed E-state index contributed by atoms with van der Waals surface area (Å²) in [5, 5.41) is 1.97. The van der Waals surface area contributed by atoms with Crippen LogP contribution < -0.4 is 14.5 Å². The maximum atomic E-state index is 15.8. The zero-order valence-electron chi connectivity index (χ0n) is 53.6. The van der Waals surface area contributed by atoms with Crippen LogP contribution >= 0.6 is 0 Å². The second-order valence-electron chi connectivity index (χ2n) is 26.8. The molecular weight excluding hydrogens is 1190 g/mol. The molecule has 1 aliphatic rings. The van der Waals surface area contributed by atoms with Crippen LogP contribution in [0.5, 0.6) is 11.5 Å². The number of fused-ring (bicyclic) bond motifs is 4. The van der Waals surface area contributed by atoms with Gasteiger partial charge in [0.1, 0.15) is 17.5 Å². The predicted octanol–water partition coefficient (Wildman–Crippen LogP) is 20.7. The molecule has 0 spiro atoms. The van der Waals surface area contributed by atoms with Gasteiger partial charge < -0.3 is 19.1 Å². The fraction of sp³-hybridized carbons (Fsp3) is 0.270. The van der Waals surface area contributed by atoms with Gasteiger partial charge in [-0.1, -0.05) is 182 Å². The predicted molar refractivity (Wildman–Crippen MR) is 334 cm³/mol. The maximum absolute atomic E-state index is 15.8. The van der Waals surface area contributed by atoms with E-state index in [9.17, 15) is 5.48 Å². The number of para-hydroxylation sites is 3. The van der Waals surface area contributed by atoms with Crippen molar-refractivity contribution in [1.82, 2.24) is 9.55 Å². The summed E-state index contributed by atoms with van der Waals surface area (Å²) in [6.07, 6.45) is 1.84. The Balaban J connectivity index is 0.00000820. The Hall–Kier alpha value is -7.34. The van der Waals surface area contributed by atoms with E-state index in [-0.39, 0.29) is 72.8 Å². The SMILES string of the molecule is [2H]c1c([2H])c(C(C)(C)C)c([2H])c([2H])c1-c1cc(Oc2[c-]c3c(cc2)c2ccccc2n3-c2cc(C(C)(C)C)ccn2)[c-]c(N2[CH-]N(c3c(-c4cc(F)cc(F)c4)cc(C(C)(C)C)cc3-c3cc(C(C)(C)C)cc(C(C)(C)C)c3)c3ccccc32)c1.[Pt]. The number of nitrogens with zero attached hydrogens (tertiary/aromatic N) is 4. The van der Waals surface area contributed by atoms with Gasteiger partial charge in [0.2, 0.25) is 0 Å². The Bertz CT molecular complexity index is 4240.